The topological polar surface area (TPSA) is 70.2 Å². The number of rotatable bonds is 3. The quantitative estimate of drug-likeness (QED) is 0.643. The molecule has 18 heavy (non-hydrogen) atoms. The summed E-state index contributed by atoms with van der Waals surface area (Å²) in [4.78, 5) is 26.8. The van der Waals surface area contributed by atoms with Gasteiger partial charge >= 0.3 is 5.97 Å². The molecule has 92 valence electrons. The second kappa shape index (κ2) is 3.70. The van der Waals surface area contributed by atoms with Crippen molar-refractivity contribution in [1.29, 1.82) is 0 Å². The minimum absolute atomic E-state index is 0.265. The lowest BCUT2D eigenvalue weighted by atomic mass is 9.64. The number of aromatic amines is 1. The first-order valence-corrected chi connectivity index (χ1v) is 5.99. The fourth-order valence-corrected chi connectivity index (χ4v) is 2.59. The van der Waals surface area contributed by atoms with Gasteiger partial charge in [-0.25, -0.2) is 0 Å². The van der Waals surface area contributed by atoms with Crippen molar-refractivity contribution in [2.45, 2.75) is 19.3 Å². The number of carbonyl (C=O) groups is 2. The number of ketones is 1. The van der Waals surface area contributed by atoms with Gasteiger partial charge in [0.05, 0.1) is 0 Å². The molecular formula is C14H13NO3. The van der Waals surface area contributed by atoms with Gasteiger partial charge in [-0.1, -0.05) is 24.6 Å². The molecule has 4 heteroatoms. The van der Waals surface area contributed by atoms with Crippen LogP contribution in [-0.4, -0.2) is 21.8 Å². The summed E-state index contributed by atoms with van der Waals surface area (Å²) in [6, 6.07) is 7.44. The van der Waals surface area contributed by atoms with E-state index in [1.165, 1.54) is 0 Å². The van der Waals surface area contributed by atoms with Gasteiger partial charge in [-0.05, 0) is 18.9 Å². The number of para-hydroxylation sites is 1. The number of nitrogens with one attached hydrogen (secondary N) is 1. The molecule has 1 aliphatic carbocycles. The number of aromatic nitrogens is 1. The van der Waals surface area contributed by atoms with Crippen molar-refractivity contribution in [3.05, 3.63) is 36.0 Å². The third-order valence-electron chi connectivity index (χ3n) is 3.89. The maximum absolute atomic E-state index is 12.5. The lowest BCUT2D eigenvalue weighted by Crippen LogP contribution is -2.45. The number of carbonyl (C=O) groups excluding carboxylic acids is 1. The standard InChI is InChI=1S/C14H13NO3/c16-12(14(13(17)18)6-3-7-14)10-8-15-11-5-2-1-4-9(10)11/h1-2,4-5,8,15H,3,6-7H2,(H,17,18). The van der Waals surface area contributed by atoms with E-state index in [0.29, 0.717) is 18.4 Å². The fraction of sp³-hybridized carbons (Fsp3) is 0.286. The summed E-state index contributed by atoms with van der Waals surface area (Å²) in [5, 5.41) is 10.1. The van der Waals surface area contributed by atoms with Crippen molar-refractivity contribution in [2.75, 3.05) is 0 Å². The number of carboxylic acid groups (broad SMARTS) is 1. The summed E-state index contributed by atoms with van der Waals surface area (Å²) >= 11 is 0. The van der Waals surface area contributed by atoms with E-state index in [1.54, 1.807) is 6.20 Å². The van der Waals surface area contributed by atoms with Gasteiger partial charge < -0.3 is 10.1 Å². The van der Waals surface area contributed by atoms with E-state index >= 15 is 0 Å². The minimum Gasteiger partial charge on any atom is -0.480 e. The Hall–Kier alpha value is -2.10. The molecule has 1 heterocycles. The summed E-state index contributed by atoms with van der Waals surface area (Å²) < 4.78 is 0. The Morgan fingerprint density at radius 1 is 1.22 bits per heavy atom. The molecular weight excluding hydrogens is 230 g/mol. The molecule has 3 rings (SSSR count). The first-order chi connectivity index (χ1) is 8.65. The van der Waals surface area contributed by atoms with Crippen LogP contribution in [0.4, 0.5) is 0 Å². The van der Waals surface area contributed by atoms with Crippen LogP contribution in [0, 0.1) is 5.41 Å². The molecule has 0 atom stereocenters. The molecule has 1 fully saturated rings. The Morgan fingerprint density at radius 2 is 1.94 bits per heavy atom. The number of aliphatic carboxylic acids is 1. The zero-order valence-electron chi connectivity index (χ0n) is 9.77. The van der Waals surface area contributed by atoms with Crippen LogP contribution in [0.3, 0.4) is 0 Å². The Kier molecular flexibility index (Phi) is 2.26. The maximum atomic E-state index is 12.5. The Bertz CT molecular complexity index is 637. The highest BCUT2D eigenvalue weighted by Crippen LogP contribution is 2.44. The van der Waals surface area contributed by atoms with E-state index < -0.39 is 11.4 Å². The highest BCUT2D eigenvalue weighted by molar-refractivity contribution is 6.18. The number of hydrogen-bond acceptors (Lipinski definition) is 2. The average Bonchev–Trinajstić information content (AvgIpc) is 2.70. The van der Waals surface area contributed by atoms with Crippen molar-refractivity contribution in [2.24, 2.45) is 5.41 Å². The minimum atomic E-state index is -1.19. The van der Waals surface area contributed by atoms with Crippen LogP contribution < -0.4 is 0 Å². The van der Waals surface area contributed by atoms with Crippen molar-refractivity contribution in [3.63, 3.8) is 0 Å². The van der Waals surface area contributed by atoms with Crippen molar-refractivity contribution in [3.8, 4) is 0 Å². The smallest absolute Gasteiger partial charge is 0.317 e. The summed E-state index contributed by atoms with van der Waals surface area (Å²) in [7, 11) is 0. The van der Waals surface area contributed by atoms with E-state index in [4.69, 9.17) is 0 Å². The summed E-state index contributed by atoms with van der Waals surface area (Å²) in [6.45, 7) is 0. The first kappa shape index (κ1) is 11.0. The normalized spacial score (nSPS) is 17.3. The van der Waals surface area contributed by atoms with Gasteiger partial charge in [-0.15, -0.1) is 0 Å². The molecule has 1 aromatic carbocycles. The lowest BCUT2D eigenvalue weighted by Gasteiger charge is -2.35. The van der Waals surface area contributed by atoms with E-state index in [9.17, 15) is 14.7 Å². The van der Waals surface area contributed by atoms with Crippen LogP contribution in [-0.2, 0) is 4.79 Å². The van der Waals surface area contributed by atoms with Crippen molar-refractivity contribution >= 4 is 22.7 Å². The van der Waals surface area contributed by atoms with Gasteiger partial charge in [0, 0.05) is 22.7 Å². The lowest BCUT2D eigenvalue weighted by molar-refractivity contribution is -0.150. The molecule has 0 aliphatic heterocycles. The van der Waals surface area contributed by atoms with Gasteiger partial charge in [0.1, 0.15) is 5.41 Å². The predicted molar refractivity (Wildman–Crippen MR) is 66.5 cm³/mol. The largest absolute Gasteiger partial charge is 0.480 e. The maximum Gasteiger partial charge on any atom is 0.317 e. The number of benzene rings is 1. The molecule has 0 unspecified atom stereocenters. The second-order valence-corrected chi connectivity index (χ2v) is 4.82. The fourth-order valence-electron chi connectivity index (χ4n) is 2.59. The van der Waals surface area contributed by atoms with Gasteiger partial charge in [0.2, 0.25) is 0 Å². The van der Waals surface area contributed by atoms with Crippen molar-refractivity contribution in [1.82, 2.24) is 4.98 Å². The number of H-pyrrole nitrogens is 1. The third-order valence-corrected chi connectivity index (χ3v) is 3.89. The zero-order valence-corrected chi connectivity index (χ0v) is 9.77. The van der Waals surface area contributed by atoms with E-state index in [1.807, 2.05) is 24.3 Å². The second-order valence-electron chi connectivity index (χ2n) is 4.82. The molecule has 1 aromatic heterocycles. The van der Waals surface area contributed by atoms with Crippen LogP contribution in [0.5, 0.6) is 0 Å². The highest BCUT2D eigenvalue weighted by atomic mass is 16.4. The van der Waals surface area contributed by atoms with Gasteiger partial charge in [0.15, 0.2) is 5.78 Å². The predicted octanol–water partition coefficient (Wildman–Crippen LogP) is 2.61. The molecule has 2 N–H and O–H groups in total. The molecule has 0 amide bonds. The molecule has 4 nitrogen and oxygen atoms in total. The van der Waals surface area contributed by atoms with Crippen LogP contribution in [0.15, 0.2) is 30.5 Å². The molecule has 0 spiro atoms. The van der Waals surface area contributed by atoms with E-state index in [-0.39, 0.29) is 5.78 Å². The van der Waals surface area contributed by atoms with Crippen LogP contribution in [0.2, 0.25) is 0 Å². The van der Waals surface area contributed by atoms with E-state index in [0.717, 1.165) is 17.3 Å². The monoisotopic (exact) mass is 243 g/mol. The number of hydrogen-bond donors (Lipinski definition) is 2. The Labute approximate surface area is 104 Å². The third kappa shape index (κ3) is 1.32. The van der Waals surface area contributed by atoms with Gasteiger partial charge in [-0.2, -0.15) is 0 Å². The average molecular weight is 243 g/mol. The molecule has 2 aromatic rings. The molecule has 0 saturated heterocycles. The molecule has 1 aliphatic rings. The van der Waals surface area contributed by atoms with Crippen LogP contribution >= 0.6 is 0 Å². The van der Waals surface area contributed by atoms with Crippen LogP contribution in [0.1, 0.15) is 29.6 Å². The number of carboxylic acids is 1. The van der Waals surface area contributed by atoms with E-state index in [2.05, 4.69) is 4.98 Å². The first-order valence-electron chi connectivity index (χ1n) is 5.99. The zero-order chi connectivity index (χ0) is 12.8. The Morgan fingerprint density at radius 3 is 2.56 bits per heavy atom. The summed E-state index contributed by atoms with van der Waals surface area (Å²) in [5.41, 5.74) is 0.165. The summed E-state index contributed by atoms with van der Waals surface area (Å²) in [5.74, 6) is -1.26. The van der Waals surface area contributed by atoms with Crippen LogP contribution in [0.25, 0.3) is 10.9 Å². The Balaban J connectivity index is 2.10. The SMILES string of the molecule is O=C(O)C1(C(=O)c2c[nH]c3ccccc23)CCC1. The number of fused-ring (bicyclic) bond motifs is 1. The highest BCUT2D eigenvalue weighted by Gasteiger charge is 2.51. The molecule has 0 bridgehead atoms. The van der Waals surface area contributed by atoms with Crippen molar-refractivity contribution < 1.29 is 14.7 Å². The van der Waals surface area contributed by atoms with Gasteiger partial charge in [0.25, 0.3) is 0 Å². The number of Topliss-reactive ketones (excluding diaryl/α,β-unsaturated/α-hetero) is 1. The van der Waals surface area contributed by atoms with Gasteiger partial charge in [-0.3, -0.25) is 9.59 Å². The molecule has 0 radical (unpaired) electrons. The summed E-state index contributed by atoms with van der Waals surface area (Å²) in [6.07, 6.45) is 3.32. The molecule has 1 saturated carbocycles.